The average Bonchev–Trinajstić information content (AvgIpc) is 2.72. The molecular formula is C27H28N2. The second-order valence-electron chi connectivity index (χ2n) is 8.29. The molecule has 0 atom stereocenters. The van der Waals surface area contributed by atoms with Crippen LogP contribution in [0.2, 0.25) is 0 Å². The molecule has 29 heavy (non-hydrogen) atoms. The first-order valence-corrected chi connectivity index (χ1v) is 10.1. The van der Waals surface area contributed by atoms with Crippen molar-refractivity contribution in [2.45, 2.75) is 32.6 Å². The molecule has 2 heteroatoms. The van der Waals surface area contributed by atoms with Crippen molar-refractivity contribution in [1.82, 2.24) is 0 Å². The predicted octanol–water partition coefficient (Wildman–Crippen LogP) is 6.17. The van der Waals surface area contributed by atoms with Gasteiger partial charge in [0.25, 0.3) is 0 Å². The Hall–Kier alpha value is -3.26. The van der Waals surface area contributed by atoms with Crippen LogP contribution >= 0.6 is 0 Å². The van der Waals surface area contributed by atoms with Gasteiger partial charge in [0.2, 0.25) is 0 Å². The molecule has 4 aromatic rings. The number of anilines is 2. The lowest BCUT2D eigenvalue weighted by Crippen LogP contribution is -2.27. The van der Waals surface area contributed by atoms with Crippen LogP contribution in [0.5, 0.6) is 0 Å². The molecule has 0 heterocycles. The van der Waals surface area contributed by atoms with Crippen LogP contribution in [0.15, 0.2) is 78.9 Å². The minimum atomic E-state index is -0.207. The molecule has 4 N–H and O–H groups in total. The fourth-order valence-corrected chi connectivity index (χ4v) is 4.24. The average molecular weight is 381 g/mol. The maximum absolute atomic E-state index is 6.13. The molecule has 0 aliphatic carbocycles. The van der Waals surface area contributed by atoms with Gasteiger partial charge in [-0.3, -0.25) is 0 Å². The third kappa shape index (κ3) is 3.47. The molecule has 2 nitrogen and oxygen atoms in total. The van der Waals surface area contributed by atoms with Crippen molar-refractivity contribution >= 4 is 22.1 Å². The van der Waals surface area contributed by atoms with Crippen LogP contribution in [0.4, 0.5) is 11.4 Å². The Morgan fingerprint density at radius 1 is 0.690 bits per heavy atom. The van der Waals surface area contributed by atoms with E-state index < -0.39 is 0 Å². The Labute approximate surface area is 173 Å². The molecule has 0 aromatic heterocycles. The lowest BCUT2D eigenvalue weighted by atomic mass is 9.71. The lowest BCUT2D eigenvalue weighted by molar-refractivity contribution is 0.569. The molecule has 4 aromatic carbocycles. The van der Waals surface area contributed by atoms with Crippen molar-refractivity contribution in [3.05, 3.63) is 107 Å². The van der Waals surface area contributed by atoms with Crippen molar-refractivity contribution in [1.29, 1.82) is 0 Å². The lowest BCUT2D eigenvalue weighted by Gasteiger charge is -2.33. The van der Waals surface area contributed by atoms with E-state index in [9.17, 15) is 0 Å². The van der Waals surface area contributed by atoms with Crippen molar-refractivity contribution in [3.63, 3.8) is 0 Å². The summed E-state index contributed by atoms with van der Waals surface area (Å²) >= 11 is 0. The van der Waals surface area contributed by atoms with E-state index in [-0.39, 0.29) is 5.41 Å². The number of nitrogen functional groups attached to an aromatic ring is 2. The van der Waals surface area contributed by atoms with Gasteiger partial charge in [0.05, 0.1) is 0 Å². The molecule has 0 saturated carbocycles. The summed E-state index contributed by atoms with van der Waals surface area (Å²) in [5.74, 6) is 0. The number of rotatable bonds is 4. The van der Waals surface area contributed by atoms with Crippen LogP contribution in [0.1, 0.15) is 34.7 Å². The highest BCUT2D eigenvalue weighted by Crippen LogP contribution is 2.39. The largest absolute Gasteiger partial charge is 0.399 e. The van der Waals surface area contributed by atoms with Crippen LogP contribution in [-0.2, 0) is 11.8 Å². The van der Waals surface area contributed by atoms with Crippen molar-refractivity contribution < 1.29 is 0 Å². The standard InChI is InChI=1S/C27H28N2/c1-18-15-22(11-13-25(18)28)27(3,23-12-14-26(29)19(2)16-23)17-21-9-6-8-20-7-4-5-10-24(20)21/h4-16H,17,28-29H2,1-3H3. The van der Waals surface area contributed by atoms with Crippen LogP contribution in [0, 0.1) is 13.8 Å². The normalized spacial score (nSPS) is 11.7. The van der Waals surface area contributed by atoms with E-state index in [0.717, 1.165) is 28.9 Å². The van der Waals surface area contributed by atoms with Gasteiger partial charge in [0, 0.05) is 16.8 Å². The molecule has 146 valence electrons. The van der Waals surface area contributed by atoms with E-state index in [1.165, 1.54) is 27.5 Å². The third-order valence-corrected chi connectivity index (χ3v) is 6.24. The molecule has 0 saturated heterocycles. The molecule has 0 aliphatic heterocycles. The molecular weight excluding hydrogens is 352 g/mol. The summed E-state index contributed by atoms with van der Waals surface area (Å²) in [6.45, 7) is 6.47. The van der Waals surface area contributed by atoms with Gasteiger partial charge in [-0.05, 0) is 71.0 Å². The summed E-state index contributed by atoms with van der Waals surface area (Å²) in [6, 6.07) is 28.0. The van der Waals surface area contributed by atoms with Crippen molar-refractivity contribution in [3.8, 4) is 0 Å². The number of hydrogen-bond acceptors (Lipinski definition) is 2. The third-order valence-electron chi connectivity index (χ3n) is 6.24. The van der Waals surface area contributed by atoms with Gasteiger partial charge < -0.3 is 11.5 Å². The highest BCUT2D eigenvalue weighted by molar-refractivity contribution is 5.86. The summed E-state index contributed by atoms with van der Waals surface area (Å²) in [5, 5.41) is 2.58. The summed E-state index contributed by atoms with van der Waals surface area (Å²) in [7, 11) is 0. The first-order chi connectivity index (χ1) is 13.9. The van der Waals surface area contributed by atoms with Gasteiger partial charge >= 0.3 is 0 Å². The smallest absolute Gasteiger partial charge is 0.0343 e. The Balaban J connectivity index is 1.92. The summed E-state index contributed by atoms with van der Waals surface area (Å²) in [6.07, 6.45) is 0.890. The zero-order valence-corrected chi connectivity index (χ0v) is 17.4. The van der Waals surface area contributed by atoms with Gasteiger partial charge in [0.15, 0.2) is 0 Å². The van der Waals surface area contributed by atoms with E-state index in [2.05, 4.69) is 87.5 Å². The van der Waals surface area contributed by atoms with Crippen LogP contribution in [0.3, 0.4) is 0 Å². The zero-order chi connectivity index (χ0) is 20.6. The fraction of sp³-hybridized carbons (Fsp3) is 0.185. The number of benzene rings is 4. The monoisotopic (exact) mass is 380 g/mol. The SMILES string of the molecule is Cc1cc(C(C)(Cc2cccc3ccccc23)c2ccc(N)c(C)c2)ccc1N. The van der Waals surface area contributed by atoms with Crippen LogP contribution in [-0.4, -0.2) is 0 Å². The Morgan fingerprint density at radius 3 is 1.83 bits per heavy atom. The zero-order valence-electron chi connectivity index (χ0n) is 17.4. The molecule has 0 bridgehead atoms. The topological polar surface area (TPSA) is 52.0 Å². The van der Waals surface area contributed by atoms with Crippen molar-refractivity contribution in [2.75, 3.05) is 11.5 Å². The van der Waals surface area contributed by atoms with Crippen LogP contribution in [0.25, 0.3) is 10.8 Å². The van der Waals surface area contributed by atoms with Gasteiger partial charge in [-0.25, -0.2) is 0 Å². The van der Waals surface area contributed by atoms with Gasteiger partial charge in [-0.15, -0.1) is 0 Å². The first kappa shape index (κ1) is 19.1. The number of fused-ring (bicyclic) bond motifs is 1. The quantitative estimate of drug-likeness (QED) is 0.416. The second-order valence-corrected chi connectivity index (χ2v) is 8.29. The molecule has 4 rings (SSSR count). The first-order valence-electron chi connectivity index (χ1n) is 10.1. The molecule has 0 fully saturated rings. The van der Waals surface area contributed by atoms with E-state index in [4.69, 9.17) is 11.5 Å². The highest BCUT2D eigenvalue weighted by Gasteiger charge is 2.30. The minimum absolute atomic E-state index is 0.207. The molecule has 0 unspecified atom stereocenters. The number of nitrogens with two attached hydrogens (primary N) is 2. The van der Waals surface area contributed by atoms with Gasteiger partial charge in [-0.1, -0.05) is 73.7 Å². The van der Waals surface area contributed by atoms with E-state index in [1.54, 1.807) is 0 Å². The summed E-state index contributed by atoms with van der Waals surface area (Å²) in [4.78, 5) is 0. The van der Waals surface area contributed by atoms with E-state index in [1.807, 2.05) is 12.1 Å². The number of hydrogen-bond donors (Lipinski definition) is 2. The summed E-state index contributed by atoms with van der Waals surface area (Å²) in [5.41, 5.74) is 19.8. The predicted molar refractivity (Wildman–Crippen MR) is 125 cm³/mol. The molecule has 0 amide bonds. The number of aryl methyl sites for hydroxylation is 2. The Morgan fingerprint density at radius 2 is 1.24 bits per heavy atom. The molecule has 0 radical (unpaired) electrons. The second kappa shape index (κ2) is 7.29. The molecule has 0 spiro atoms. The molecule has 0 aliphatic rings. The Bertz CT molecular complexity index is 1130. The maximum Gasteiger partial charge on any atom is 0.0343 e. The Kier molecular flexibility index (Phi) is 4.79. The maximum atomic E-state index is 6.13. The minimum Gasteiger partial charge on any atom is -0.399 e. The highest BCUT2D eigenvalue weighted by atomic mass is 14.6. The fourth-order valence-electron chi connectivity index (χ4n) is 4.24. The van der Waals surface area contributed by atoms with Crippen LogP contribution < -0.4 is 11.5 Å². The summed E-state index contributed by atoms with van der Waals surface area (Å²) < 4.78 is 0. The van der Waals surface area contributed by atoms with Gasteiger partial charge in [-0.2, -0.15) is 0 Å². The van der Waals surface area contributed by atoms with E-state index in [0.29, 0.717) is 0 Å². The van der Waals surface area contributed by atoms with E-state index >= 15 is 0 Å². The van der Waals surface area contributed by atoms with Gasteiger partial charge in [0.1, 0.15) is 0 Å². The van der Waals surface area contributed by atoms with Crippen molar-refractivity contribution in [2.24, 2.45) is 0 Å².